The van der Waals surface area contributed by atoms with E-state index in [2.05, 4.69) is 5.32 Å². The maximum absolute atomic E-state index is 12.9. The van der Waals surface area contributed by atoms with E-state index < -0.39 is 0 Å². The summed E-state index contributed by atoms with van der Waals surface area (Å²) in [4.78, 5) is 12.3. The summed E-state index contributed by atoms with van der Waals surface area (Å²) in [5, 5.41) is 2.87. The largest absolute Gasteiger partial charge is 0.398 e. The van der Waals surface area contributed by atoms with E-state index in [1.54, 1.807) is 18.2 Å². The highest BCUT2D eigenvalue weighted by molar-refractivity contribution is 6.00. The third-order valence-electron chi connectivity index (χ3n) is 3.25. The summed E-state index contributed by atoms with van der Waals surface area (Å²) < 4.78 is 12.9. The van der Waals surface area contributed by atoms with Crippen LogP contribution >= 0.6 is 0 Å². The van der Waals surface area contributed by atoms with Gasteiger partial charge in [-0.1, -0.05) is 24.3 Å². The predicted octanol–water partition coefficient (Wildman–Crippen LogP) is 3.21. The second-order valence-electron chi connectivity index (χ2n) is 4.79. The van der Waals surface area contributed by atoms with E-state index in [1.807, 2.05) is 26.0 Å². The lowest BCUT2D eigenvalue weighted by Gasteiger charge is -2.16. The van der Waals surface area contributed by atoms with Gasteiger partial charge in [0.2, 0.25) is 0 Å². The van der Waals surface area contributed by atoms with Gasteiger partial charge in [0.15, 0.2) is 0 Å². The first kappa shape index (κ1) is 14.1. The van der Waals surface area contributed by atoms with E-state index in [4.69, 9.17) is 5.73 Å². The van der Waals surface area contributed by atoms with Crippen LogP contribution in [0.5, 0.6) is 0 Å². The van der Waals surface area contributed by atoms with Gasteiger partial charge in [0, 0.05) is 5.69 Å². The molecule has 1 unspecified atom stereocenters. The quantitative estimate of drug-likeness (QED) is 0.843. The van der Waals surface area contributed by atoms with Gasteiger partial charge in [-0.05, 0) is 43.2 Å². The van der Waals surface area contributed by atoms with Crippen molar-refractivity contribution in [1.29, 1.82) is 0 Å². The molecule has 0 aromatic heterocycles. The monoisotopic (exact) mass is 272 g/mol. The maximum atomic E-state index is 12.9. The van der Waals surface area contributed by atoms with Crippen molar-refractivity contribution < 1.29 is 9.18 Å². The molecule has 2 aromatic carbocycles. The van der Waals surface area contributed by atoms with Crippen LogP contribution in [-0.2, 0) is 0 Å². The third-order valence-corrected chi connectivity index (χ3v) is 3.25. The summed E-state index contributed by atoms with van der Waals surface area (Å²) in [7, 11) is 0. The van der Waals surface area contributed by atoms with Gasteiger partial charge < -0.3 is 11.1 Å². The number of hydrogen-bond acceptors (Lipinski definition) is 2. The minimum absolute atomic E-state index is 0.220. The molecule has 0 aliphatic heterocycles. The van der Waals surface area contributed by atoms with Crippen LogP contribution in [0.4, 0.5) is 10.1 Å². The Hall–Kier alpha value is -2.36. The van der Waals surface area contributed by atoms with Crippen LogP contribution in [0, 0.1) is 12.7 Å². The van der Waals surface area contributed by atoms with Crippen molar-refractivity contribution in [2.75, 3.05) is 5.73 Å². The van der Waals surface area contributed by atoms with Gasteiger partial charge in [0.05, 0.1) is 11.6 Å². The fraction of sp³-hybridized carbons (Fsp3) is 0.188. The number of nitrogen functional groups attached to an aromatic ring is 1. The lowest BCUT2D eigenvalue weighted by Crippen LogP contribution is -2.28. The molecule has 0 radical (unpaired) electrons. The Labute approximate surface area is 117 Å². The molecular formula is C16H17FN2O. The van der Waals surface area contributed by atoms with Crippen molar-refractivity contribution in [1.82, 2.24) is 5.32 Å². The topological polar surface area (TPSA) is 55.1 Å². The Morgan fingerprint density at radius 2 is 1.85 bits per heavy atom. The van der Waals surface area contributed by atoms with Gasteiger partial charge in [-0.3, -0.25) is 4.79 Å². The summed E-state index contributed by atoms with van der Waals surface area (Å²) in [6.45, 7) is 3.69. The van der Waals surface area contributed by atoms with Crippen LogP contribution in [-0.4, -0.2) is 5.91 Å². The average Bonchev–Trinajstić information content (AvgIpc) is 2.39. The second kappa shape index (κ2) is 5.74. The van der Waals surface area contributed by atoms with Crippen molar-refractivity contribution >= 4 is 11.6 Å². The Bertz CT molecular complexity index is 603. The first-order valence-corrected chi connectivity index (χ1v) is 6.40. The molecule has 0 bridgehead atoms. The summed E-state index contributed by atoms with van der Waals surface area (Å²) in [6.07, 6.45) is 0. The van der Waals surface area contributed by atoms with Crippen molar-refractivity contribution in [3.05, 3.63) is 65.0 Å². The number of hydrogen-bond donors (Lipinski definition) is 2. The number of anilines is 1. The number of nitrogens with one attached hydrogen (secondary N) is 1. The number of halogens is 1. The van der Waals surface area contributed by atoms with Gasteiger partial charge >= 0.3 is 0 Å². The van der Waals surface area contributed by atoms with E-state index in [0.717, 1.165) is 11.1 Å². The average molecular weight is 272 g/mol. The van der Waals surface area contributed by atoms with E-state index in [-0.39, 0.29) is 17.8 Å². The molecular weight excluding hydrogens is 255 g/mol. The summed E-state index contributed by atoms with van der Waals surface area (Å²) in [6, 6.07) is 11.2. The molecule has 0 heterocycles. The van der Waals surface area contributed by atoms with Crippen LogP contribution in [0.3, 0.4) is 0 Å². The Morgan fingerprint density at radius 3 is 2.45 bits per heavy atom. The molecule has 0 aliphatic carbocycles. The second-order valence-corrected chi connectivity index (χ2v) is 4.79. The molecule has 3 nitrogen and oxygen atoms in total. The highest BCUT2D eigenvalue weighted by atomic mass is 19.1. The molecule has 1 amide bonds. The highest BCUT2D eigenvalue weighted by Gasteiger charge is 2.15. The molecule has 20 heavy (non-hydrogen) atoms. The summed E-state index contributed by atoms with van der Waals surface area (Å²) in [5.41, 5.74) is 8.45. The number of aryl methyl sites for hydroxylation is 1. The number of carbonyl (C=O) groups excluding carboxylic acids is 1. The molecule has 2 rings (SSSR count). The standard InChI is InChI=1S/C16H17FN2O/c1-10-4-3-5-14(18)15(10)16(20)19-11(2)12-6-8-13(17)9-7-12/h3-9,11H,18H2,1-2H3,(H,19,20). The zero-order valence-corrected chi connectivity index (χ0v) is 11.5. The molecule has 104 valence electrons. The Morgan fingerprint density at radius 1 is 1.20 bits per heavy atom. The van der Waals surface area contributed by atoms with Crippen molar-refractivity contribution in [3.63, 3.8) is 0 Å². The SMILES string of the molecule is Cc1cccc(N)c1C(=O)NC(C)c1ccc(F)cc1. The molecule has 0 saturated heterocycles. The predicted molar refractivity (Wildman–Crippen MR) is 77.9 cm³/mol. The van der Waals surface area contributed by atoms with E-state index in [0.29, 0.717) is 11.3 Å². The lowest BCUT2D eigenvalue weighted by molar-refractivity contribution is 0.0940. The molecule has 2 aromatic rings. The van der Waals surface area contributed by atoms with E-state index in [1.165, 1.54) is 12.1 Å². The third kappa shape index (κ3) is 2.96. The van der Waals surface area contributed by atoms with Crippen LogP contribution < -0.4 is 11.1 Å². The normalized spacial score (nSPS) is 11.9. The zero-order chi connectivity index (χ0) is 14.7. The summed E-state index contributed by atoms with van der Waals surface area (Å²) >= 11 is 0. The zero-order valence-electron chi connectivity index (χ0n) is 11.5. The first-order valence-electron chi connectivity index (χ1n) is 6.40. The van der Waals surface area contributed by atoms with Crippen molar-refractivity contribution in [2.24, 2.45) is 0 Å². The lowest BCUT2D eigenvalue weighted by atomic mass is 10.0. The van der Waals surface area contributed by atoms with E-state index in [9.17, 15) is 9.18 Å². The smallest absolute Gasteiger partial charge is 0.254 e. The maximum Gasteiger partial charge on any atom is 0.254 e. The number of nitrogens with two attached hydrogens (primary N) is 1. The van der Waals surface area contributed by atoms with Crippen LogP contribution in [0.1, 0.15) is 34.5 Å². The van der Waals surface area contributed by atoms with Gasteiger partial charge in [0.1, 0.15) is 5.82 Å². The fourth-order valence-corrected chi connectivity index (χ4v) is 2.10. The molecule has 1 atom stereocenters. The number of benzene rings is 2. The molecule has 4 heteroatoms. The van der Waals surface area contributed by atoms with Crippen LogP contribution in [0.15, 0.2) is 42.5 Å². The van der Waals surface area contributed by atoms with E-state index >= 15 is 0 Å². The number of amides is 1. The summed E-state index contributed by atoms with van der Waals surface area (Å²) in [5.74, 6) is -0.521. The highest BCUT2D eigenvalue weighted by Crippen LogP contribution is 2.19. The fourth-order valence-electron chi connectivity index (χ4n) is 2.10. The number of rotatable bonds is 3. The van der Waals surface area contributed by atoms with Gasteiger partial charge in [-0.2, -0.15) is 0 Å². The molecule has 0 aliphatic rings. The molecule has 0 spiro atoms. The van der Waals surface area contributed by atoms with Gasteiger partial charge in [0.25, 0.3) is 5.91 Å². The van der Waals surface area contributed by atoms with Gasteiger partial charge in [-0.25, -0.2) is 4.39 Å². The first-order chi connectivity index (χ1) is 9.49. The minimum atomic E-state index is -0.296. The molecule has 0 fully saturated rings. The number of carbonyl (C=O) groups is 1. The molecule has 0 saturated carbocycles. The van der Waals surface area contributed by atoms with Crippen molar-refractivity contribution in [2.45, 2.75) is 19.9 Å². The Balaban J connectivity index is 2.17. The molecule has 3 N–H and O–H groups in total. The van der Waals surface area contributed by atoms with Gasteiger partial charge in [-0.15, -0.1) is 0 Å². The van der Waals surface area contributed by atoms with Crippen LogP contribution in [0.2, 0.25) is 0 Å². The minimum Gasteiger partial charge on any atom is -0.398 e. The Kier molecular flexibility index (Phi) is 4.03. The van der Waals surface area contributed by atoms with Crippen molar-refractivity contribution in [3.8, 4) is 0 Å². The van der Waals surface area contributed by atoms with Crippen LogP contribution in [0.25, 0.3) is 0 Å².